The minimum atomic E-state index is -0.0966. The van der Waals surface area contributed by atoms with Crippen LogP contribution < -0.4 is 10.1 Å². The third kappa shape index (κ3) is 3.70. The maximum Gasteiger partial charge on any atom is 0.262 e. The zero-order chi connectivity index (χ0) is 20.3. The molecule has 0 aromatic heterocycles. The van der Waals surface area contributed by atoms with Gasteiger partial charge in [-0.25, -0.2) is 0 Å². The molecule has 4 aromatic rings. The summed E-state index contributed by atoms with van der Waals surface area (Å²) < 4.78 is 6.19. The molecule has 146 valence electrons. The molecule has 1 aliphatic rings. The van der Waals surface area contributed by atoms with E-state index in [4.69, 9.17) is 4.74 Å². The molecule has 0 spiro atoms. The van der Waals surface area contributed by atoms with Crippen molar-refractivity contribution in [2.45, 2.75) is 11.5 Å². The summed E-state index contributed by atoms with van der Waals surface area (Å²) in [6, 6.07) is 30.1. The molecule has 1 N–H and O–H groups in total. The van der Waals surface area contributed by atoms with E-state index in [2.05, 4.69) is 23.5 Å². The number of ether oxygens (including phenoxy) is 1. The smallest absolute Gasteiger partial charge is 0.262 e. The van der Waals surface area contributed by atoms with Gasteiger partial charge in [-0.2, -0.15) is 0 Å². The van der Waals surface area contributed by atoms with Crippen molar-refractivity contribution in [1.82, 2.24) is 0 Å². The number of para-hydroxylation sites is 1. The molecule has 0 saturated heterocycles. The van der Waals surface area contributed by atoms with Crippen molar-refractivity contribution in [3.8, 4) is 5.75 Å². The van der Waals surface area contributed by atoms with Crippen LogP contribution in [0.4, 0.5) is 5.69 Å². The number of anilines is 1. The van der Waals surface area contributed by atoms with E-state index >= 15 is 0 Å². The molecule has 4 heteroatoms. The number of fused-ring (bicyclic) bond motifs is 2. The number of amides is 1. The van der Waals surface area contributed by atoms with Crippen LogP contribution in [0.2, 0.25) is 0 Å². The lowest BCUT2D eigenvalue weighted by atomic mass is 10.0. The predicted molar refractivity (Wildman–Crippen MR) is 124 cm³/mol. The van der Waals surface area contributed by atoms with Gasteiger partial charge in [0.25, 0.3) is 5.91 Å². The van der Waals surface area contributed by atoms with Crippen molar-refractivity contribution in [3.63, 3.8) is 0 Å². The fourth-order valence-corrected chi connectivity index (χ4v) is 4.45. The second-order valence-corrected chi connectivity index (χ2v) is 8.12. The normalized spacial score (nSPS) is 14.4. The average Bonchev–Trinajstić information content (AvgIpc) is 2.79. The Kier molecular flexibility index (Phi) is 4.99. The van der Waals surface area contributed by atoms with Crippen molar-refractivity contribution in [2.24, 2.45) is 0 Å². The highest BCUT2D eigenvalue weighted by Crippen LogP contribution is 2.40. The van der Waals surface area contributed by atoms with Crippen LogP contribution in [0.15, 0.2) is 101 Å². The summed E-state index contributed by atoms with van der Waals surface area (Å²) >= 11 is 1.49. The first kappa shape index (κ1) is 18.5. The molecule has 1 heterocycles. The van der Waals surface area contributed by atoms with Gasteiger partial charge in [0.2, 0.25) is 0 Å². The lowest BCUT2D eigenvalue weighted by Crippen LogP contribution is -2.17. The van der Waals surface area contributed by atoms with E-state index < -0.39 is 0 Å². The molecular weight excluding hydrogens is 390 g/mol. The molecule has 3 nitrogen and oxygen atoms in total. The third-order valence-corrected chi connectivity index (χ3v) is 6.12. The Balaban J connectivity index is 1.56. The minimum Gasteiger partial charge on any atom is -0.488 e. The monoisotopic (exact) mass is 409 g/mol. The van der Waals surface area contributed by atoms with Crippen molar-refractivity contribution >= 4 is 40.2 Å². The first-order valence-corrected chi connectivity index (χ1v) is 10.6. The number of hydrogen-bond donors (Lipinski definition) is 1. The van der Waals surface area contributed by atoms with E-state index in [1.54, 1.807) is 0 Å². The van der Waals surface area contributed by atoms with Gasteiger partial charge < -0.3 is 10.1 Å². The highest BCUT2D eigenvalue weighted by molar-refractivity contribution is 8.04. The third-order valence-electron chi connectivity index (χ3n) is 5.02. The van der Waals surface area contributed by atoms with E-state index in [1.165, 1.54) is 11.8 Å². The molecule has 0 radical (unpaired) electrons. The van der Waals surface area contributed by atoms with Crippen LogP contribution in [-0.2, 0) is 11.4 Å². The Hall–Kier alpha value is -3.50. The fraction of sp³-hybridized carbons (Fsp3) is 0.0385. The quantitative estimate of drug-likeness (QED) is 0.391. The van der Waals surface area contributed by atoms with E-state index in [0.29, 0.717) is 11.5 Å². The van der Waals surface area contributed by atoms with Gasteiger partial charge in [0, 0.05) is 10.5 Å². The van der Waals surface area contributed by atoms with E-state index in [9.17, 15) is 4.79 Å². The minimum absolute atomic E-state index is 0.0966. The number of carbonyl (C=O) groups excluding carboxylic acids is 1. The van der Waals surface area contributed by atoms with Crippen LogP contribution in [0, 0.1) is 0 Å². The molecule has 0 fully saturated rings. The molecule has 0 bridgehead atoms. The fourth-order valence-electron chi connectivity index (χ4n) is 3.52. The van der Waals surface area contributed by atoms with Gasteiger partial charge in [0.15, 0.2) is 0 Å². The molecule has 0 atom stereocenters. The molecule has 4 aromatic carbocycles. The summed E-state index contributed by atoms with van der Waals surface area (Å²) in [7, 11) is 0. The van der Waals surface area contributed by atoms with Crippen LogP contribution in [0.3, 0.4) is 0 Å². The molecule has 0 saturated carbocycles. The largest absolute Gasteiger partial charge is 0.488 e. The van der Waals surface area contributed by atoms with Gasteiger partial charge >= 0.3 is 0 Å². The molecule has 0 unspecified atom stereocenters. The standard InChI is InChI=1S/C26H19NO2S/c28-26-25(30-24-13-7-6-12-22(24)27-26)16-21-20-11-5-4-10-19(20)14-15-23(21)29-17-18-8-2-1-3-9-18/h1-16H,17H2,(H,27,28)/b25-16-. The topological polar surface area (TPSA) is 38.3 Å². The molecule has 1 aliphatic heterocycles. The Labute approximate surface area is 179 Å². The van der Waals surface area contributed by atoms with Crippen molar-refractivity contribution < 1.29 is 9.53 Å². The second kappa shape index (κ2) is 8.09. The zero-order valence-corrected chi connectivity index (χ0v) is 17.0. The Morgan fingerprint density at radius 1 is 0.833 bits per heavy atom. The molecule has 0 aliphatic carbocycles. The lowest BCUT2D eigenvalue weighted by molar-refractivity contribution is -0.112. The Bertz CT molecular complexity index is 1260. The van der Waals surface area contributed by atoms with Crippen LogP contribution in [0.1, 0.15) is 11.1 Å². The van der Waals surface area contributed by atoms with Gasteiger partial charge in [-0.1, -0.05) is 84.6 Å². The highest BCUT2D eigenvalue weighted by Gasteiger charge is 2.21. The average molecular weight is 410 g/mol. The van der Waals surface area contributed by atoms with Crippen LogP contribution in [0.25, 0.3) is 16.8 Å². The molecular formula is C26H19NO2S. The van der Waals surface area contributed by atoms with Gasteiger partial charge in [0.1, 0.15) is 12.4 Å². The first-order valence-electron chi connectivity index (χ1n) is 9.76. The van der Waals surface area contributed by atoms with Crippen molar-refractivity contribution in [1.29, 1.82) is 0 Å². The molecule has 1 amide bonds. The van der Waals surface area contributed by atoms with E-state index in [0.717, 1.165) is 38.2 Å². The SMILES string of the molecule is O=C1Nc2ccccc2S/C1=C\c1c(OCc2ccccc2)ccc2ccccc12. The van der Waals surface area contributed by atoms with Gasteiger partial charge in [-0.15, -0.1) is 0 Å². The summed E-state index contributed by atoms with van der Waals surface area (Å²) in [6.45, 7) is 0.470. The highest BCUT2D eigenvalue weighted by atomic mass is 32.2. The van der Waals surface area contributed by atoms with E-state index in [-0.39, 0.29) is 5.91 Å². The Morgan fingerprint density at radius 3 is 2.50 bits per heavy atom. The predicted octanol–water partition coefficient (Wildman–Crippen LogP) is 6.50. The maximum absolute atomic E-state index is 12.7. The van der Waals surface area contributed by atoms with Gasteiger partial charge in [-0.3, -0.25) is 4.79 Å². The van der Waals surface area contributed by atoms with Crippen LogP contribution >= 0.6 is 11.8 Å². The molecule has 30 heavy (non-hydrogen) atoms. The number of benzene rings is 4. The zero-order valence-electron chi connectivity index (χ0n) is 16.2. The maximum atomic E-state index is 12.7. The summed E-state index contributed by atoms with van der Waals surface area (Å²) in [4.78, 5) is 14.4. The summed E-state index contributed by atoms with van der Waals surface area (Å²) in [5.74, 6) is 0.665. The number of carbonyl (C=O) groups is 1. The summed E-state index contributed by atoms with van der Waals surface area (Å²) in [5, 5.41) is 5.15. The van der Waals surface area contributed by atoms with Gasteiger partial charge in [-0.05, 0) is 40.6 Å². The van der Waals surface area contributed by atoms with Crippen molar-refractivity contribution in [3.05, 3.63) is 107 Å². The summed E-state index contributed by atoms with van der Waals surface area (Å²) in [6.07, 6.45) is 1.94. The Morgan fingerprint density at radius 2 is 1.60 bits per heavy atom. The molecule has 5 rings (SSSR count). The van der Waals surface area contributed by atoms with Crippen LogP contribution in [-0.4, -0.2) is 5.91 Å². The van der Waals surface area contributed by atoms with Crippen molar-refractivity contribution in [2.75, 3.05) is 5.32 Å². The summed E-state index contributed by atoms with van der Waals surface area (Å²) in [5.41, 5.74) is 2.87. The van der Waals surface area contributed by atoms with E-state index in [1.807, 2.05) is 78.9 Å². The first-order chi connectivity index (χ1) is 14.8. The lowest BCUT2D eigenvalue weighted by Gasteiger charge is -2.19. The number of nitrogens with one attached hydrogen (secondary N) is 1. The number of hydrogen-bond acceptors (Lipinski definition) is 3. The van der Waals surface area contributed by atoms with Gasteiger partial charge in [0.05, 0.1) is 10.6 Å². The van der Waals surface area contributed by atoms with Crippen LogP contribution in [0.5, 0.6) is 5.75 Å². The number of rotatable bonds is 4. The number of thioether (sulfide) groups is 1. The second-order valence-electron chi connectivity index (χ2n) is 7.03.